The number of nitrogens with one attached hydrogen (secondary N) is 2. The Bertz CT molecular complexity index is 381. The molecule has 1 aliphatic heterocycles. The molecule has 3 nitrogen and oxygen atoms in total. The first-order chi connectivity index (χ1) is 7.75. The van der Waals surface area contributed by atoms with Crippen molar-refractivity contribution in [2.75, 3.05) is 18.4 Å². The molecule has 94 valence electrons. The first-order valence-corrected chi connectivity index (χ1v) is 5.53. The summed E-state index contributed by atoms with van der Waals surface area (Å²) in [5, 5.41) is 5.91. The van der Waals surface area contributed by atoms with Crippen LogP contribution < -0.4 is 10.6 Å². The number of benzene rings is 1. The number of rotatable bonds is 2. The SMILES string of the molecule is Cl.O=C(Nc1cccc(F)c1)[C@@H]1CCCNC1. The van der Waals surface area contributed by atoms with Crippen LogP contribution in [0.2, 0.25) is 0 Å². The summed E-state index contributed by atoms with van der Waals surface area (Å²) in [4.78, 5) is 11.8. The second kappa shape index (κ2) is 6.57. The molecule has 0 aromatic heterocycles. The Morgan fingerprint density at radius 1 is 1.47 bits per heavy atom. The molecule has 0 bridgehead atoms. The van der Waals surface area contributed by atoms with Gasteiger partial charge in [-0.1, -0.05) is 6.07 Å². The second-order valence-corrected chi connectivity index (χ2v) is 4.04. The number of piperidine rings is 1. The number of carbonyl (C=O) groups excluding carboxylic acids is 1. The summed E-state index contributed by atoms with van der Waals surface area (Å²) in [6.45, 7) is 1.69. The highest BCUT2D eigenvalue weighted by Crippen LogP contribution is 2.14. The molecule has 1 fully saturated rings. The monoisotopic (exact) mass is 258 g/mol. The molecule has 5 heteroatoms. The summed E-state index contributed by atoms with van der Waals surface area (Å²) in [7, 11) is 0. The van der Waals surface area contributed by atoms with Crippen molar-refractivity contribution < 1.29 is 9.18 Å². The molecule has 1 aliphatic rings. The van der Waals surface area contributed by atoms with Crippen molar-refractivity contribution in [2.24, 2.45) is 5.92 Å². The Balaban J connectivity index is 0.00000144. The van der Waals surface area contributed by atoms with Gasteiger partial charge in [0, 0.05) is 12.2 Å². The number of anilines is 1. The molecule has 0 radical (unpaired) electrons. The fourth-order valence-corrected chi connectivity index (χ4v) is 1.89. The van der Waals surface area contributed by atoms with Crippen LogP contribution in [0.1, 0.15) is 12.8 Å². The molecule has 2 rings (SSSR count). The first-order valence-electron chi connectivity index (χ1n) is 5.53. The van der Waals surface area contributed by atoms with Crippen LogP contribution in [0.3, 0.4) is 0 Å². The molecule has 0 aliphatic carbocycles. The zero-order chi connectivity index (χ0) is 11.4. The third kappa shape index (κ3) is 3.98. The lowest BCUT2D eigenvalue weighted by Crippen LogP contribution is -2.37. The molecule has 1 saturated heterocycles. The molecule has 0 unspecified atom stereocenters. The van der Waals surface area contributed by atoms with Gasteiger partial charge in [0.1, 0.15) is 5.82 Å². The lowest BCUT2D eigenvalue weighted by molar-refractivity contribution is -0.120. The van der Waals surface area contributed by atoms with E-state index in [1.54, 1.807) is 12.1 Å². The van der Waals surface area contributed by atoms with E-state index in [0.717, 1.165) is 19.4 Å². The minimum atomic E-state index is -0.334. The van der Waals surface area contributed by atoms with E-state index in [9.17, 15) is 9.18 Å². The Hall–Kier alpha value is -1.13. The third-order valence-electron chi connectivity index (χ3n) is 2.76. The van der Waals surface area contributed by atoms with Crippen LogP contribution in [0.5, 0.6) is 0 Å². The molecule has 1 heterocycles. The van der Waals surface area contributed by atoms with Crippen LogP contribution in [0, 0.1) is 11.7 Å². The normalized spacial score (nSPS) is 19.2. The van der Waals surface area contributed by atoms with Gasteiger partial charge < -0.3 is 10.6 Å². The average Bonchev–Trinajstić information content (AvgIpc) is 2.30. The second-order valence-electron chi connectivity index (χ2n) is 4.04. The number of carbonyl (C=O) groups is 1. The standard InChI is InChI=1S/C12H15FN2O.ClH/c13-10-4-1-5-11(7-10)15-12(16)9-3-2-6-14-8-9;/h1,4-5,7,9,14H,2-3,6,8H2,(H,15,16);1H/t9-;/m1./s1. The van der Waals surface area contributed by atoms with Gasteiger partial charge in [-0.2, -0.15) is 0 Å². The van der Waals surface area contributed by atoms with Gasteiger partial charge in [-0.15, -0.1) is 12.4 Å². The van der Waals surface area contributed by atoms with Crippen molar-refractivity contribution in [3.63, 3.8) is 0 Å². The Kier molecular flexibility index (Phi) is 5.38. The van der Waals surface area contributed by atoms with Crippen LogP contribution in [0.15, 0.2) is 24.3 Å². The first kappa shape index (κ1) is 13.9. The van der Waals surface area contributed by atoms with Gasteiger partial charge in [0.2, 0.25) is 5.91 Å². The van der Waals surface area contributed by atoms with Crippen molar-refractivity contribution in [1.29, 1.82) is 0 Å². The number of hydrogen-bond donors (Lipinski definition) is 2. The summed E-state index contributed by atoms with van der Waals surface area (Å²) in [6.07, 6.45) is 1.91. The van der Waals surface area contributed by atoms with Crippen LogP contribution in [0.25, 0.3) is 0 Å². The fraction of sp³-hybridized carbons (Fsp3) is 0.417. The third-order valence-corrected chi connectivity index (χ3v) is 2.76. The molecule has 2 N–H and O–H groups in total. The minimum Gasteiger partial charge on any atom is -0.326 e. The highest BCUT2D eigenvalue weighted by Gasteiger charge is 2.20. The van der Waals surface area contributed by atoms with Gasteiger partial charge in [-0.25, -0.2) is 4.39 Å². The molecule has 1 aromatic rings. The van der Waals surface area contributed by atoms with Gasteiger partial charge in [0.25, 0.3) is 0 Å². The maximum Gasteiger partial charge on any atom is 0.228 e. The molecule has 0 spiro atoms. The van der Waals surface area contributed by atoms with Crippen LogP contribution in [-0.4, -0.2) is 19.0 Å². The van der Waals surface area contributed by atoms with E-state index >= 15 is 0 Å². The zero-order valence-electron chi connectivity index (χ0n) is 9.41. The van der Waals surface area contributed by atoms with E-state index in [1.807, 2.05) is 0 Å². The average molecular weight is 259 g/mol. The van der Waals surface area contributed by atoms with E-state index in [2.05, 4.69) is 10.6 Å². The predicted octanol–water partition coefficient (Wildman–Crippen LogP) is 2.19. The highest BCUT2D eigenvalue weighted by atomic mass is 35.5. The van der Waals surface area contributed by atoms with E-state index in [4.69, 9.17) is 0 Å². The molecule has 17 heavy (non-hydrogen) atoms. The van der Waals surface area contributed by atoms with Gasteiger partial charge >= 0.3 is 0 Å². The topological polar surface area (TPSA) is 41.1 Å². The molecule has 0 saturated carbocycles. The highest BCUT2D eigenvalue weighted by molar-refractivity contribution is 5.92. The zero-order valence-corrected chi connectivity index (χ0v) is 10.2. The van der Waals surface area contributed by atoms with E-state index in [0.29, 0.717) is 12.2 Å². The van der Waals surface area contributed by atoms with Crippen LogP contribution in [-0.2, 0) is 4.79 Å². The summed E-state index contributed by atoms with van der Waals surface area (Å²) in [6, 6.07) is 5.97. The maximum absolute atomic E-state index is 12.9. The summed E-state index contributed by atoms with van der Waals surface area (Å²) >= 11 is 0. The van der Waals surface area contributed by atoms with Crippen molar-refractivity contribution in [3.05, 3.63) is 30.1 Å². The van der Waals surface area contributed by atoms with Crippen LogP contribution >= 0.6 is 12.4 Å². The van der Waals surface area contributed by atoms with Crippen molar-refractivity contribution >= 4 is 24.0 Å². The maximum atomic E-state index is 12.9. The van der Waals surface area contributed by atoms with Gasteiger partial charge in [0.15, 0.2) is 0 Å². The lowest BCUT2D eigenvalue weighted by atomic mass is 9.99. The Morgan fingerprint density at radius 2 is 2.29 bits per heavy atom. The molecular weight excluding hydrogens is 243 g/mol. The fourth-order valence-electron chi connectivity index (χ4n) is 1.89. The van der Waals surface area contributed by atoms with Gasteiger partial charge in [-0.05, 0) is 37.6 Å². The Labute approximate surface area is 106 Å². The summed E-state index contributed by atoms with van der Waals surface area (Å²) in [5.74, 6) is -0.366. The van der Waals surface area contributed by atoms with E-state index in [1.165, 1.54) is 12.1 Å². The molecule has 1 aromatic carbocycles. The largest absolute Gasteiger partial charge is 0.326 e. The smallest absolute Gasteiger partial charge is 0.228 e. The van der Waals surface area contributed by atoms with Crippen molar-refractivity contribution in [3.8, 4) is 0 Å². The van der Waals surface area contributed by atoms with Crippen molar-refractivity contribution in [2.45, 2.75) is 12.8 Å². The Morgan fingerprint density at radius 3 is 2.94 bits per heavy atom. The summed E-state index contributed by atoms with van der Waals surface area (Å²) in [5.41, 5.74) is 0.524. The van der Waals surface area contributed by atoms with Gasteiger partial charge in [0.05, 0.1) is 5.92 Å². The van der Waals surface area contributed by atoms with Gasteiger partial charge in [-0.3, -0.25) is 4.79 Å². The lowest BCUT2D eigenvalue weighted by Gasteiger charge is -2.21. The molecule has 1 amide bonds. The number of hydrogen-bond acceptors (Lipinski definition) is 2. The molecule has 1 atom stereocenters. The van der Waals surface area contributed by atoms with Crippen LogP contribution in [0.4, 0.5) is 10.1 Å². The predicted molar refractivity (Wildman–Crippen MR) is 67.9 cm³/mol. The van der Waals surface area contributed by atoms with E-state index < -0.39 is 0 Å². The quantitative estimate of drug-likeness (QED) is 0.854. The summed E-state index contributed by atoms with van der Waals surface area (Å²) < 4.78 is 12.9. The number of amides is 1. The van der Waals surface area contributed by atoms with Crippen molar-refractivity contribution in [1.82, 2.24) is 5.32 Å². The van der Waals surface area contributed by atoms with E-state index in [-0.39, 0.29) is 30.0 Å². The minimum absolute atomic E-state index is 0. The number of halogens is 2. The molecular formula is C12H16ClFN2O.